The Kier molecular flexibility index (Phi) is 5.01. The van der Waals surface area contributed by atoms with Crippen molar-refractivity contribution in [2.45, 2.75) is 32.2 Å². The summed E-state index contributed by atoms with van der Waals surface area (Å²) < 4.78 is 39.2. The molecule has 6 heteroatoms. The fourth-order valence-electron chi connectivity index (χ4n) is 3.06. The quantitative estimate of drug-likeness (QED) is 0.697. The molecule has 0 atom stereocenters. The van der Waals surface area contributed by atoms with Gasteiger partial charge in [0.05, 0.1) is 18.2 Å². The molecule has 0 radical (unpaired) electrons. The second-order valence-corrected chi connectivity index (χ2v) is 6.16. The number of hydrogen-bond acceptors (Lipinski definition) is 2. The lowest BCUT2D eigenvalue weighted by molar-refractivity contribution is -0.135. The molecule has 1 aromatic heterocycles. The Bertz CT molecular complexity index is 967. The summed E-state index contributed by atoms with van der Waals surface area (Å²) in [4.78, 5) is 0. The summed E-state index contributed by atoms with van der Waals surface area (Å²) in [6.45, 7) is 0.0890. The van der Waals surface area contributed by atoms with E-state index in [4.69, 9.17) is 5.26 Å². The molecule has 0 aliphatic heterocycles. The van der Waals surface area contributed by atoms with E-state index in [-0.39, 0.29) is 19.6 Å². The highest BCUT2D eigenvalue weighted by atomic mass is 19.4. The zero-order valence-electron chi connectivity index (χ0n) is 13.9. The fraction of sp³-hybridized carbons (Fsp3) is 0.250. The van der Waals surface area contributed by atoms with Gasteiger partial charge in [-0.2, -0.15) is 18.4 Å². The van der Waals surface area contributed by atoms with Crippen LogP contribution < -0.4 is 0 Å². The van der Waals surface area contributed by atoms with Crippen LogP contribution in [0.5, 0.6) is 0 Å². The van der Waals surface area contributed by atoms with E-state index >= 15 is 0 Å². The molecule has 0 fully saturated rings. The van der Waals surface area contributed by atoms with Gasteiger partial charge in [-0.3, -0.25) is 0 Å². The van der Waals surface area contributed by atoms with Gasteiger partial charge in [-0.25, -0.2) is 0 Å². The highest BCUT2D eigenvalue weighted by molar-refractivity contribution is 5.96. The van der Waals surface area contributed by atoms with Crippen molar-refractivity contribution < 1.29 is 18.3 Å². The van der Waals surface area contributed by atoms with Crippen LogP contribution in [0.15, 0.2) is 48.7 Å². The molecule has 1 heterocycles. The van der Waals surface area contributed by atoms with Crippen LogP contribution >= 0.6 is 0 Å². The maximum absolute atomic E-state index is 12.5. The van der Waals surface area contributed by atoms with Gasteiger partial charge in [-0.15, -0.1) is 0 Å². The number of nitriles is 1. The summed E-state index contributed by atoms with van der Waals surface area (Å²) in [6, 6.07) is 14.7. The Hall–Kier alpha value is -2.78. The predicted octanol–water partition coefficient (Wildman–Crippen LogP) is 5.01. The van der Waals surface area contributed by atoms with Crippen molar-refractivity contribution in [2.75, 3.05) is 0 Å². The molecule has 3 rings (SSSR count). The average Bonchev–Trinajstić information content (AvgIpc) is 2.98. The van der Waals surface area contributed by atoms with Crippen LogP contribution in [0.3, 0.4) is 0 Å². The smallest absolute Gasteiger partial charge is 0.389 e. The van der Waals surface area contributed by atoms with E-state index in [0.29, 0.717) is 11.1 Å². The van der Waals surface area contributed by atoms with Crippen molar-refractivity contribution in [3.8, 4) is 17.2 Å². The standard InChI is InChI=1S/C20H17F3N2O/c21-20(22,23)7-2-8-25-12-18(16-4-1-3-14(9-16)11-24)17-6-5-15(13-26)10-19(17)25/h1,3-6,9-10,12,26H,2,7-8,13H2. The third-order valence-electron chi connectivity index (χ3n) is 4.29. The first-order valence-electron chi connectivity index (χ1n) is 8.21. The summed E-state index contributed by atoms with van der Waals surface area (Å²) in [7, 11) is 0. The SMILES string of the molecule is N#Cc1cccc(-c2cn(CCCC(F)(F)F)c3cc(CO)ccc23)c1. The number of aromatic nitrogens is 1. The Morgan fingerprint density at radius 1 is 1.12 bits per heavy atom. The minimum Gasteiger partial charge on any atom is -0.392 e. The first kappa shape index (κ1) is 18.0. The molecule has 3 aromatic rings. The van der Waals surface area contributed by atoms with E-state index < -0.39 is 12.6 Å². The van der Waals surface area contributed by atoms with E-state index in [0.717, 1.165) is 22.0 Å². The first-order valence-corrected chi connectivity index (χ1v) is 8.21. The highest BCUT2D eigenvalue weighted by Crippen LogP contribution is 2.32. The average molecular weight is 358 g/mol. The van der Waals surface area contributed by atoms with E-state index in [1.165, 1.54) is 0 Å². The van der Waals surface area contributed by atoms with Gasteiger partial charge in [0.15, 0.2) is 0 Å². The maximum Gasteiger partial charge on any atom is 0.389 e. The van der Waals surface area contributed by atoms with Gasteiger partial charge in [0, 0.05) is 35.6 Å². The Morgan fingerprint density at radius 2 is 1.92 bits per heavy atom. The van der Waals surface area contributed by atoms with Crippen LogP contribution in [0.4, 0.5) is 13.2 Å². The Morgan fingerprint density at radius 3 is 2.62 bits per heavy atom. The number of rotatable bonds is 5. The molecule has 0 unspecified atom stereocenters. The molecule has 26 heavy (non-hydrogen) atoms. The number of benzene rings is 2. The largest absolute Gasteiger partial charge is 0.392 e. The lowest BCUT2D eigenvalue weighted by Gasteiger charge is -2.08. The van der Waals surface area contributed by atoms with E-state index in [1.54, 1.807) is 34.9 Å². The number of nitrogens with zero attached hydrogens (tertiary/aromatic N) is 2. The minimum atomic E-state index is -4.18. The van der Waals surface area contributed by atoms with Gasteiger partial charge in [0.2, 0.25) is 0 Å². The van der Waals surface area contributed by atoms with Crippen molar-refractivity contribution in [3.63, 3.8) is 0 Å². The number of fused-ring (bicyclic) bond motifs is 1. The number of aryl methyl sites for hydroxylation is 1. The summed E-state index contributed by atoms with van der Waals surface area (Å²) in [5.41, 5.74) is 3.68. The summed E-state index contributed by atoms with van der Waals surface area (Å²) in [6.07, 6.45) is -3.22. The molecule has 0 aliphatic rings. The minimum absolute atomic E-state index is 0.0195. The van der Waals surface area contributed by atoms with E-state index in [1.807, 2.05) is 18.3 Å². The third kappa shape index (κ3) is 3.89. The van der Waals surface area contributed by atoms with Gasteiger partial charge in [0.25, 0.3) is 0 Å². The lowest BCUT2D eigenvalue weighted by Crippen LogP contribution is -2.09. The number of hydrogen-bond donors (Lipinski definition) is 1. The summed E-state index contributed by atoms with van der Waals surface area (Å²) in [5, 5.41) is 19.3. The molecule has 2 aromatic carbocycles. The number of aliphatic hydroxyl groups excluding tert-OH is 1. The van der Waals surface area contributed by atoms with Crippen molar-refractivity contribution in [2.24, 2.45) is 0 Å². The van der Waals surface area contributed by atoms with Crippen LogP contribution in [0.2, 0.25) is 0 Å². The Balaban J connectivity index is 2.05. The van der Waals surface area contributed by atoms with Crippen LogP contribution in [-0.2, 0) is 13.2 Å². The van der Waals surface area contributed by atoms with Gasteiger partial charge in [-0.05, 0) is 35.7 Å². The molecule has 0 aliphatic carbocycles. The number of aliphatic hydroxyl groups is 1. The van der Waals surface area contributed by atoms with Crippen molar-refractivity contribution in [1.29, 1.82) is 5.26 Å². The number of alkyl halides is 3. The second-order valence-electron chi connectivity index (χ2n) is 6.16. The molecule has 0 saturated heterocycles. The van der Waals surface area contributed by atoms with Gasteiger partial charge in [0.1, 0.15) is 0 Å². The van der Waals surface area contributed by atoms with Crippen molar-refractivity contribution in [3.05, 3.63) is 59.8 Å². The maximum atomic E-state index is 12.5. The molecule has 0 amide bonds. The summed E-state index contributed by atoms with van der Waals surface area (Å²) in [5.74, 6) is 0. The van der Waals surface area contributed by atoms with E-state index in [9.17, 15) is 18.3 Å². The monoisotopic (exact) mass is 358 g/mol. The van der Waals surface area contributed by atoms with Crippen molar-refractivity contribution >= 4 is 10.9 Å². The molecular weight excluding hydrogens is 341 g/mol. The second kappa shape index (κ2) is 7.22. The fourth-order valence-corrected chi connectivity index (χ4v) is 3.06. The number of halogens is 3. The molecule has 3 nitrogen and oxygen atoms in total. The zero-order chi connectivity index (χ0) is 18.7. The molecule has 0 spiro atoms. The molecule has 134 valence electrons. The zero-order valence-corrected chi connectivity index (χ0v) is 13.9. The van der Waals surface area contributed by atoms with E-state index in [2.05, 4.69) is 6.07 Å². The van der Waals surface area contributed by atoms with Crippen LogP contribution in [-0.4, -0.2) is 15.8 Å². The van der Waals surface area contributed by atoms with Gasteiger partial charge >= 0.3 is 6.18 Å². The normalized spacial score (nSPS) is 11.7. The molecular formula is C20H17F3N2O. The lowest BCUT2D eigenvalue weighted by atomic mass is 10.0. The van der Waals surface area contributed by atoms with Gasteiger partial charge in [-0.1, -0.05) is 24.3 Å². The third-order valence-corrected chi connectivity index (χ3v) is 4.29. The molecule has 1 N–H and O–H groups in total. The predicted molar refractivity (Wildman–Crippen MR) is 93.3 cm³/mol. The van der Waals surface area contributed by atoms with Gasteiger partial charge < -0.3 is 9.67 Å². The van der Waals surface area contributed by atoms with Crippen LogP contribution in [0, 0.1) is 11.3 Å². The first-order chi connectivity index (χ1) is 12.4. The van der Waals surface area contributed by atoms with Crippen LogP contribution in [0.1, 0.15) is 24.0 Å². The Labute approximate surface area is 148 Å². The summed E-state index contributed by atoms with van der Waals surface area (Å²) >= 11 is 0. The van der Waals surface area contributed by atoms with Crippen LogP contribution in [0.25, 0.3) is 22.0 Å². The molecule has 0 bridgehead atoms. The topological polar surface area (TPSA) is 49.0 Å². The van der Waals surface area contributed by atoms with Crippen molar-refractivity contribution in [1.82, 2.24) is 4.57 Å². The molecule has 0 saturated carbocycles. The highest BCUT2D eigenvalue weighted by Gasteiger charge is 2.26.